The fraction of sp³-hybridized carbons (Fsp3) is 0.538. The Bertz CT molecular complexity index is 366. The van der Waals surface area contributed by atoms with Crippen LogP contribution in [0.25, 0.3) is 0 Å². The Labute approximate surface area is 108 Å². The van der Waals surface area contributed by atoms with Crippen molar-refractivity contribution in [3.05, 3.63) is 23.2 Å². The highest BCUT2D eigenvalue weighted by Gasteiger charge is 2.17. The van der Waals surface area contributed by atoms with E-state index in [2.05, 4.69) is 19.2 Å². The lowest BCUT2D eigenvalue weighted by atomic mass is 9.88. The number of nitrogens with two attached hydrogens (primary N) is 1. The van der Waals surface area contributed by atoms with Crippen molar-refractivity contribution in [2.75, 3.05) is 24.2 Å². The molecule has 0 aliphatic carbocycles. The van der Waals surface area contributed by atoms with Crippen molar-refractivity contribution in [1.82, 2.24) is 0 Å². The number of benzene rings is 1. The quantitative estimate of drug-likeness (QED) is 0.686. The normalized spacial score (nSPS) is 11.5. The summed E-state index contributed by atoms with van der Waals surface area (Å²) in [5.41, 5.74) is 7.57. The second-order valence-electron chi connectivity index (χ2n) is 5.08. The minimum atomic E-state index is 0.134. The molecule has 0 aromatic heterocycles. The van der Waals surface area contributed by atoms with E-state index < -0.39 is 0 Å². The summed E-state index contributed by atoms with van der Waals surface area (Å²) >= 11 is 5.84. The molecule has 0 bridgehead atoms. The first-order valence-corrected chi connectivity index (χ1v) is 6.22. The molecular formula is C13H21ClN2O. The van der Waals surface area contributed by atoms with E-state index in [-0.39, 0.29) is 12.0 Å². The predicted octanol–water partition coefficient (Wildman–Crippen LogP) is 3.13. The summed E-state index contributed by atoms with van der Waals surface area (Å²) in [6.45, 7) is 5.40. The maximum absolute atomic E-state index is 8.83. The molecule has 3 nitrogen and oxygen atoms in total. The molecule has 1 aromatic carbocycles. The largest absolute Gasteiger partial charge is 0.397 e. The van der Waals surface area contributed by atoms with Gasteiger partial charge in [0.2, 0.25) is 0 Å². The van der Waals surface area contributed by atoms with Gasteiger partial charge in [0, 0.05) is 18.2 Å². The monoisotopic (exact) mass is 256 g/mol. The fourth-order valence-electron chi connectivity index (χ4n) is 1.68. The minimum Gasteiger partial charge on any atom is -0.397 e. The molecule has 0 spiro atoms. The van der Waals surface area contributed by atoms with E-state index in [9.17, 15) is 0 Å². The van der Waals surface area contributed by atoms with Crippen LogP contribution in [0.4, 0.5) is 11.4 Å². The third-order valence-electron chi connectivity index (χ3n) is 2.78. The van der Waals surface area contributed by atoms with E-state index in [1.54, 1.807) is 6.07 Å². The van der Waals surface area contributed by atoms with Crippen LogP contribution in [0.1, 0.15) is 26.7 Å². The molecule has 1 aromatic rings. The fourth-order valence-corrected chi connectivity index (χ4v) is 1.86. The average Bonchev–Trinajstić information content (AvgIpc) is 2.25. The highest BCUT2D eigenvalue weighted by molar-refractivity contribution is 6.31. The SMILES string of the molecule is CC(C)(CCCO)CNc1ccc(Cl)cc1N. The van der Waals surface area contributed by atoms with Crippen LogP contribution in [0.5, 0.6) is 0 Å². The van der Waals surface area contributed by atoms with Crippen LogP contribution in [0, 0.1) is 5.41 Å². The van der Waals surface area contributed by atoms with Crippen LogP contribution >= 0.6 is 11.6 Å². The molecular weight excluding hydrogens is 236 g/mol. The Kier molecular flexibility index (Phi) is 5.09. The van der Waals surface area contributed by atoms with E-state index in [0.29, 0.717) is 10.7 Å². The number of hydrogen-bond donors (Lipinski definition) is 3. The lowest BCUT2D eigenvalue weighted by Gasteiger charge is -2.25. The van der Waals surface area contributed by atoms with Gasteiger partial charge >= 0.3 is 0 Å². The van der Waals surface area contributed by atoms with Gasteiger partial charge in [0.1, 0.15) is 0 Å². The Morgan fingerprint density at radius 2 is 2.12 bits per heavy atom. The third-order valence-corrected chi connectivity index (χ3v) is 3.02. The van der Waals surface area contributed by atoms with Crippen molar-refractivity contribution in [2.45, 2.75) is 26.7 Å². The standard InChI is InChI=1S/C13H21ClN2O/c1-13(2,6-3-7-17)9-16-12-5-4-10(14)8-11(12)15/h4-5,8,16-17H,3,6-7,9,15H2,1-2H3. The lowest BCUT2D eigenvalue weighted by Crippen LogP contribution is -2.23. The lowest BCUT2D eigenvalue weighted by molar-refractivity contribution is 0.248. The first-order valence-electron chi connectivity index (χ1n) is 5.84. The molecule has 0 atom stereocenters. The van der Waals surface area contributed by atoms with E-state index >= 15 is 0 Å². The molecule has 0 saturated carbocycles. The minimum absolute atomic E-state index is 0.134. The summed E-state index contributed by atoms with van der Waals surface area (Å²) < 4.78 is 0. The van der Waals surface area contributed by atoms with Gasteiger partial charge < -0.3 is 16.2 Å². The summed E-state index contributed by atoms with van der Waals surface area (Å²) in [4.78, 5) is 0. The summed E-state index contributed by atoms with van der Waals surface area (Å²) in [5.74, 6) is 0. The summed E-state index contributed by atoms with van der Waals surface area (Å²) in [5, 5.41) is 12.8. The molecule has 0 fully saturated rings. The van der Waals surface area contributed by atoms with Gasteiger partial charge in [0.15, 0.2) is 0 Å². The van der Waals surface area contributed by atoms with Crippen molar-refractivity contribution in [3.8, 4) is 0 Å². The zero-order valence-corrected chi connectivity index (χ0v) is 11.2. The zero-order valence-electron chi connectivity index (χ0n) is 10.5. The van der Waals surface area contributed by atoms with Gasteiger partial charge in [0.25, 0.3) is 0 Å². The molecule has 17 heavy (non-hydrogen) atoms. The summed E-state index contributed by atoms with van der Waals surface area (Å²) in [6.07, 6.45) is 1.80. The van der Waals surface area contributed by atoms with Crippen LogP contribution < -0.4 is 11.1 Å². The highest BCUT2D eigenvalue weighted by atomic mass is 35.5. The van der Waals surface area contributed by atoms with E-state index in [1.165, 1.54) is 0 Å². The molecule has 4 N–H and O–H groups in total. The molecule has 0 amide bonds. The number of nitrogens with one attached hydrogen (secondary N) is 1. The molecule has 0 saturated heterocycles. The number of aliphatic hydroxyl groups excluding tert-OH is 1. The van der Waals surface area contributed by atoms with Crippen molar-refractivity contribution >= 4 is 23.0 Å². The smallest absolute Gasteiger partial charge is 0.0575 e. The number of rotatable bonds is 6. The maximum Gasteiger partial charge on any atom is 0.0575 e. The van der Waals surface area contributed by atoms with Gasteiger partial charge in [-0.2, -0.15) is 0 Å². The molecule has 96 valence electrons. The Balaban J connectivity index is 2.54. The van der Waals surface area contributed by atoms with Gasteiger partial charge in [-0.15, -0.1) is 0 Å². The Hall–Kier alpha value is -0.930. The second-order valence-corrected chi connectivity index (χ2v) is 5.51. The second kappa shape index (κ2) is 6.12. The molecule has 0 aliphatic rings. The van der Waals surface area contributed by atoms with Crippen LogP contribution in [-0.2, 0) is 0 Å². The molecule has 1 rings (SSSR count). The third kappa shape index (κ3) is 4.84. The highest BCUT2D eigenvalue weighted by Crippen LogP contribution is 2.26. The van der Waals surface area contributed by atoms with E-state index in [4.69, 9.17) is 22.4 Å². The summed E-state index contributed by atoms with van der Waals surface area (Å²) in [7, 11) is 0. The van der Waals surface area contributed by atoms with Crippen molar-refractivity contribution in [3.63, 3.8) is 0 Å². The van der Waals surface area contributed by atoms with Crippen molar-refractivity contribution in [1.29, 1.82) is 0 Å². The Morgan fingerprint density at radius 3 is 2.71 bits per heavy atom. The van der Waals surface area contributed by atoms with Crippen molar-refractivity contribution in [2.24, 2.45) is 5.41 Å². The molecule has 0 unspecified atom stereocenters. The number of halogens is 1. The van der Waals surface area contributed by atoms with Gasteiger partial charge in [-0.3, -0.25) is 0 Å². The van der Waals surface area contributed by atoms with Crippen LogP contribution in [0.3, 0.4) is 0 Å². The van der Waals surface area contributed by atoms with Crippen LogP contribution in [-0.4, -0.2) is 18.3 Å². The molecule has 4 heteroatoms. The van der Waals surface area contributed by atoms with E-state index in [1.807, 2.05) is 12.1 Å². The van der Waals surface area contributed by atoms with E-state index in [0.717, 1.165) is 25.1 Å². The number of nitrogen functional groups attached to an aromatic ring is 1. The number of hydrogen-bond acceptors (Lipinski definition) is 3. The zero-order chi connectivity index (χ0) is 12.9. The number of aliphatic hydroxyl groups is 1. The first-order chi connectivity index (χ1) is 7.94. The van der Waals surface area contributed by atoms with Crippen LogP contribution in [0.2, 0.25) is 5.02 Å². The summed E-state index contributed by atoms with van der Waals surface area (Å²) in [6, 6.07) is 5.45. The van der Waals surface area contributed by atoms with Crippen molar-refractivity contribution < 1.29 is 5.11 Å². The topological polar surface area (TPSA) is 58.3 Å². The predicted molar refractivity (Wildman–Crippen MR) is 74.5 cm³/mol. The van der Waals surface area contributed by atoms with Gasteiger partial charge in [-0.05, 0) is 36.5 Å². The first kappa shape index (κ1) is 14.1. The Morgan fingerprint density at radius 1 is 1.41 bits per heavy atom. The van der Waals surface area contributed by atoms with Gasteiger partial charge in [-0.25, -0.2) is 0 Å². The maximum atomic E-state index is 8.83. The average molecular weight is 257 g/mol. The van der Waals surface area contributed by atoms with Gasteiger partial charge in [0.05, 0.1) is 11.4 Å². The molecule has 0 heterocycles. The number of anilines is 2. The molecule has 0 radical (unpaired) electrons. The van der Waals surface area contributed by atoms with Gasteiger partial charge in [-0.1, -0.05) is 25.4 Å². The van der Waals surface area contributed by atoms with Crippen LogP contribution in [0.15, 0.2) is 18.2 Å². The molecule has 0 aliphatic heterocycles.